The van der Waals surface area contributed by atoms with Crippen LogP contribution in [0.3, 0.4) is 0 Å². The minimum atomic E-state index is -0.126. The molecule has 0 spiro atoms. The molecule has 0 saturated carbocycles. The Balaban J connectivity index is 0.000000145. The van der Waals surface area contributed by atoms with E-state index in [2.05, 4.69) is 532 Å². The van der Waals surface area contributed by atoms with Gasteiger partial charge >= 0.3 is 0 Å². The highest BCUT2D eigenvalue weighted by molar-refractivity contribution is 6.13. The smallest absolute Gasteiger partial charge is 0.136 e. The Morgan fingerprint density at radius 1 is 0.160 bits per heavy atom. The van der Waals surface area contributed by atoms with Crippen LogP contribution < -0.4 is 9.80 Å². The third-order valence-corrected chi connectivity index (χ3v) is 30.5. The highest BCUT2D eigenvalue weighted by Crippen LogP contribution is 2.54. The summed E-state index contributed by atoms with van der Waals surface area (Å²) in [6.07, 6.45) is 0. The molecule has 4 aromatic heterocycles. The van der Waals surface area contributed by atoms with Crippen LogP contribution in [0.2, 0.25) is 0 Å². The number of hydrogen-bond acceptors (Lipinski definition) is 4. The molecule has 0 N–H and O–H groups in total. The minimum Gasteiger partial charge on any atom is -0.456 e. The number of benzene rings is 22. The fourth-order valence-electron chi connectivity index (χ4n) is 23.0. The van der Waals surface area contributed by atoms with Crippen LogP contribution in [0.5, 0.6) is 0 Å². The van der Waals surface area contributed by atoms with E-state index in [-0.39, 0.29) is 10.8 Å². The Bertz CT molecular complexity index is 9250. The lowest BCUT2D eigenvalue weighted by Gasteiger charge is -2.28. The van der Waals surface area contributed by atoms with Crippen molar-refractivity contribution in [2.45, 2.75) is 38.5 Å². The van der Waals surface area contributed by atoms with Crippen LogP contribution in [0.1, 0.15) is 49.9 Å². The molecule has 6 nitrogen and oxygen atoms in total. The molecule has 0 aliphatic heterocycles. The maximum atomic E-state index is 6.20. The molecular formula is C138H96N4O2. The molecule has 2 aliphatic rings. The van der Waals surface area contributed by atoms with Crippen molar-refractivity contribution in [1.82, 2.24) is 9.13 Å². The predicted octanol–water partition coefficient (Wildman–Crippen LogP) is 38.3. The zero-order chi connectivity index (χ0) is 95.8. The Labute approximate surface area is 836 Å². The minimum absolute atomic E-state index is 0.116. The topological polar surface area (TPSA) is 42.6 Å². The van der Waals surface area contributed by atoms with Gasteiger partial charge in [0.1, 0.15) is 22.3 Å². The molecule has 144 heavy (non-hydrogen) atoms. The van der Waals surface area contributed by atoms with Crippen molar-refractivity contribution in [2.75, 3.05) is 9.80 Å². The maximum Gasteiger partial charge on any atom is 0.136 e. The molecule has 4 heterocycles. The van der Waals surface area contributed by atoms with Crippen LogP contribution in [-0.4, -0.2) is 9.13 Å². The van der Waals surface area contributed by atoms with E-state index in [0.717, 1.165) is 89.1 Å². The molecule has 0 saturated heterocycles. The first-order valence-corrected chi connectivity index (χ1v) is 49.8. The van der Waals surface area contributed by atoms with Crippen molar-refractivity contribution in [1.29, 1.82) is 0 Å². The summed E-state index contributed by atoms with van der Waals surface area (Å²) in [5, 5.41) is 9.60. The van der Waals surface area contributed by atoms with Crippen LogP contribution >= 0.6 is 0 Å². The van der Waals surface area contributed by atoms with Gasteiger partial charge < -0.3 is 27.8 Å². The molecule has 680 valence electrons. The third kappa shape index (κ3) is 14.5. The van der Waals surface area contributed by atoms with E-state index in [1.807, 2.05) is 24.3 Å². The van der Waals surface area contributed by atoms with E-state index in [9.17, 15) is 0 Å². The summed E-state index contributed by atoms with van der Waals surface area (Å²) in [6.45, 7) is 9.41. The second-order valence-corrected chi connectivity index (χ2v) is 39.4. The largest absolute Gasteiger partial charge is 0.456 e. The second kappa shape index (κ2) is 34.3. The molecule has 0 amide bonds. The number of hydrogen-bond donors (Lipinski definition) is 0. The normalized spacial score (nSPS) is 12.7. The fraction of sp³-hybridized carbons (Fsp3) is 0.0435. The van der Waals surface area contributed by atoms with Crippen LogP contribution in [0.15, 0.2) is 518 Å². The number of para-hydroxylation sites is 6. The van der Waals surface area contributed by atoms with Gasteiger partial charge in [-0.3, -0.25) is 0 Å². The zero-order valence-electron chi connectivity index (χ0n) is 80.1. The molecule has 0 fully saturated rings. The van der Waals surface area contributed by atoms with Gasteiger partial charge in [0.2, 0.25) is 0 Å². The Morgan fingerprint density at radius 2 is 0.410 bits per heavy atom. The van der Waals surface area contributed by atoms with Gasteiger partial charge in [0.05, 0.1) is 22.1 Å². The summed E-state index contributed by atoms with van der Waals surface area (Å²) in [6, 6.07) is 186. The number of anilines is 6. The molecular weight excluding hydrogens is 1750 g/mol. The van der Waals surface area contributed by atoms with Gasteiger partial charge in [-0.25, -0.2) is 0 Å². The zero-order valence-corrected chi connectivity index (χ0v) is 80.1. The molecule has 0 unspecified atom stereocenters. The first-order valence-electron chi connectivity index (χ1n) is 49.8. The molecule has 6 heteroatoms. The molecule has 0 radical (unpaired) electrons. The standard InChI is InChI=1S/C75H53N3.C63H43NO2/c1-75(2)69-22-12-9-19-63(69)64-44-43-62(49-70(64)75)76(60-39-33-52(34-40-60)50-25-29-54(30-26-50)56-37-45-73-67(47-56)65-20-10-13-23-71(65)77(73)58-15-5-3-6-16-58)61-41-35-53(36-42-61)51-27-31-55(32-28-51)57-38-46-74-68(48-57)66-21-11-14-24-72(66)78(74)59-17-7-4-8-18-59;1-63(2)57-12-6-3-9-51(57)52-35-33-50(39-58(52)63)64(48-29-23-42(24-30-48)40-15-19-44(20-16-40)46-28-36-61-56(37-46)54-11-5-8-14-60(54)65-61)49-31-25-43(26-32-49)41-17-21-45(22-18-41)47-27-34-55-53-10-4-7-13-59(53)66-62(55)38-47/h3-49H,1-2H3;3-39H,1-2H3. The van der Waals surface area contributed by atoms with Gasteiger partial charge in [-0.05, 0) is 303 Å². The van der Waals surface area contributed by atoms with Crippen molar-refractivity contribution in [3.05, 3.63) is 532 Å². The van der Waals surface area contributed by atoms with Gasteiger partial charge in [-0.2, -0.15) is 0 Å². The quantitative estimate of drug-likeness (QED) is 0.0967. The summed E-state index contributed by atoms with van der Waals surface area (Å²) in [5.41, 5.74) is 46.9. The highest BCUT2D eigenvalue weighted by atomic mass is 16.3. The molecule has 0 bridgehead atoms. The third-order valence-electron chi connectivity index (χ3n) is 30.5. The van der Waals surface area contributed by atoms with Gasteiger partial charge in [-0.1, -0.05) is 367 Å². The van der Waals surface area contributed by atoms with Crippen molar-refractivity contribution < 1.29 is 8.83 Å². The van der Waals surface area contributed by atoms with E-state index < -0.39 is 0 Å². The van der Waals surface area contributed by atoms with Crippen LogP contribution in [0.4, 0.5) is 34.1 Å². The van der Waals surface area contributed by atoms with Gasteiger partial charge in [-0.15, -0.1) is 0 Å². The summed E-state index contributed by atoms with van der Waals surface area (Å²) >= 11 is 0. The van der Waals surface area contributed by atoms with Gasteiger partial charge in [0, 0.05) is 99.4 Å². The summed E-state index contributed by atoms with van der Waals surface area (Å²) in [4.78, 5) is 4.80. The van der Waals surface area contributed by atoms with Crippen molar-refractivity contribution in [3.8, 4) is 123 Å². The van der Waals surface area contributed by atoms with Gasteiger partial charge in [0.15, 0.2) is 0 Å². The number of nitrogens with zero attached hydrogens (tertiary/aromatic N) is 4. The van der Waals surface area contributed by atoms with E-state index in [0.29, 0.717) is 0 Å². The Morgan fingerprint density at radius 3 is 0.799 bits per heavy atom. The fourth-order valence-corrected chi connectivity index (χ4v) is 23.0. The van der Waals surface area contributed by atoms with E-state index in [1.54, 1.807) is 0 Å². The lowest BCUT2D eigenvalue weighted by Crippen LogP contribution is -2.16. The van der Waals surface area contributed by atoms with E-state index in [1.165, 1.54) is 177 Å². The number of furan rings is 2. The first kappa shape index (κ1) is 84.9. The molecule has 26 aromatic rings. The Hall–Kier alpha value is -18.4. The van der Waals surface area contributed by atoms with Crippen LogP contribution in [0.25, 0.3) is 210 Å². The lowest BCUT2D eigenvalue weighted by atomic mass is 9.82. The Kier molecular flexibility index (Phi) is 20.2. The summed E-state index contributed by atoms with van der Waals surface area (Å²) < 4.78 is 17.0. The van der Waals surface area contributed by atoms with Crippen molar-refractivity contribution in [3.63, 3.8) is 0 Å². The SMILES string of the molecule is CC1(C)c2ccccc2-c2ccc(N(c3ccc(-c4ccc(-c5ccc6c(c5)c5ccccc5n6-c5ccccc5)cc4)cc3)c3ccc(-c4ccc(-c5ccc6c(c5)c5ccccc5n6-c5ccccc5)cc4)cc3)cc21.CC1(C)c2ccccc2-c2ccc(N(c3ccc(-c4ccc(-c5ccc6c(c5)oc5ccccc56)cc4)cc3)c3ccc(-c4ccc(-c5ccc6oc7ccccc7c6c5)cc4)cc3)cc21. The van der Waals surface area contributed by atoms with Crippen molar-refractivity contribution in [2.24, 2.45) is 0 Å². The van der Waals surface area contributed by atoms with E-state index >= 15 is 0 Å². The molecule has 2 aliphatic carbocycles. The van der Waals surface area contributed by atoms with Crippen LogP contribution in [-0.2, 0) is 10.8 Å². The second-order valence-electron chi connectivity index (χ2n) is 39.4. The van der Waals surface area contributed by atoms with Crippen molar-refractivity contribution >= 4 is 122 Å². The predicted molar refractivity (Wildman–Crippen MR) is 604 cm³/mol. The molecule has 0 atom stereocenters. The van der Waals surface area contributed by atoms with E-state index in [4.69, 9.17) is 8.83 Å². The number of aromatic nitrogens is 2. The lowest BCUT2D eigenvalue weighted by molar-refractivity contribution is 0.660. The molecule has 22 aromatic carbocycles. The summed E-state index contributed by atoms with van der Waals surface area (Å²) in [7, 11) is 0. The number of rotatable bonds is 16. The number of fused-ring (bicyclic) bond motifs is 18. The highest BCUT2D eigenvalue weighted by Gasteiger charge is 2.38. The monoisotopic (exact) mass is 1840 g/mol. The van der Waals surface area contributed by atoms with Gasteiger partial charge in [0.25, 0.3) is 0 Å². The summed E-state index contributed by atoms with van der Waals surface area (Å²) in [5.74, 6) is 0. The van der Waals surface area contributed by atoms with Crippen LogP contribution in [0, 0.1) is 0 Å². The average molecular weight is 1840 g/mol. The first-order chi connectivity index (χ1) is 70.8. The molecule has 28 rings (SSSR count). The maximum absolute atomic E-state index is 6.20. The average Bonchev–Trinajstić information content (AvgIpc) is 1.57.